The van der Waals surface area contributed by atoms with Crippen LogP contribution in [0.3, 0.4) is 0 Å². The van der Waals surface area contributed by atoms with E-state index in [1.165, 1.54) is 54.8 Å². The van der Waals surface area contributed by atoms with Crippen molar-refractivity contribution in [1.29, 1.82) is 0 Å². The smallest absolute Gasteiger partial charge is 0.772 e. The summed E-state index contributed by atoms with van der Waals surface area (Å²) in [5, 5.41) is 13.5. The van der Waals surface area contributed by atoms with Crippen molar-refractivity contribution in [3.63, 3.8) is 0 Å². The number of benzene rings is 10. The largest absolute Gasteiger partial charge is 1.00 e. The number of para-hydroxylation sites is 14. The number of nitrogens with one attached hydrogen (secondary N) is 5. The summed E-state index contributed by atoms with van der Waals surface area (Å²) < 4.78 is 35.5. The molecule has 6 heterocycles. The first-order chi connectivity index (χ1) is 40.8. The van der Waals surface area contributed by atoms with Crippen molar-refractivity contribution in [3.8, 4) is 23.0 Å². The molecule has 11 nitrogen and oxygen atoms in total. The maximum Gasteiger partial charge on any atom is 1.00 e. The van der Waals surface area contributed by atoms with E-state index >= 15 is 0 Å². The summed E-state index contributed by atoms with van der Waals surface area (Å²) in [5.41, 5.74) is 16.9. The SMILES string of the molecule is Cn1cc[nH]c1=S.O=S([O-])CCCN1c2ccccc2Sc2ccccc21.[Na+].c1ccc2c(c1)Cc1ccccc1N2.c1ccc2c(c1)Cc1ccccc1N2.c1ccc2c(c1)Nc1ccccc1O2.c1ccc2c(c1)Nc1ccccc1O2. The first-order valence-corrected chi connectivity index (χ1v) is 29.8. The molecule has 84 heavy (non-hydrogen) atoms. The van der Waals surface area contributed by atoms with Gasteiger partial charge in [0, 0.05) is 77.1 Å². The summed E-state index contributed by atoms with van der Waals surface area (Å²) in [4.78, 5) is 7.50. The van der Waals surface area contributed by atoms with Crippen molar-refractivity contribution in [2.45, 2.75) is 29.1 Å². The van der Waals surface area contributed by atoms with Crippen LogP contribution in [0.4, 0.5) is 56.9 Å². The fraction of sp³-hybridized carbons (Fsp3) is 0.0870. The molecule has 10 aromatic carbocycles. The Labute approximate surface area is 524 Å². The van der Waals surface area contributed by atoms with Crippen LogP contribution < -0.4 is 65.2 Å². The summed E-state index contributed by atoms with van der Waals surface area (Å²) >= 11 is 4.59. The van der Waals surface area contributed by atoms with Crippen molar-refractivity contribution in [2.75, 3.05) is 38.5 Å². The van der Waals surface area contributed by atoms with Crippen LogP contribution in [0, 0.1) is 4.77 Å². The van der Waals surface area contributed by atoms with Crippen molar-refractivity contribution < 1.29 is 47.8 Å². The molecule has 414 valence electrons. The van der Waals surface area contributed by atoms with Gasteiger partial charge in [0.25, 0.3) is 0 Å². The molecule has 0 saturated carbocycles. The molecule has 1 aromatic heterocycles. The number of hydrogen-bond donors (Lipinski definition) is 5. The summed E-state index contributed by atoms with van der Waals surface area (Å²) in [5.74, 6) is 3.73. The minimum absolute atomic E-state index is 0. The molecule has 1 unspecified atom stereocenters. The molecule has 0 saturated heterocycles. The van der Waals surface area contributed by atoms with E-state index in [1.54, 1.807) is 11.8 Å². The van der Waals surface area contributed by atoms with Crippen LogP contribution in [0.15, 0.2) is 265 Å². The van der Waals surface area contributed by atoms with Gasteiger partial charge in [-0.25, -0.2) is 0 Å². The normalized spacial score (nSPS) is 12.4. The molecule has 0 bridgehead atoms. The van der Waals surface area contributed by atoms with Gasteiger partial charge in [0.2, 0.25) is 0 Å². The van der Waals surface area contributed by atoms with E-state index in [2.05, 4.69) is 152 Å². The van der Waals surface area contributed by atoms with Crippen LogP contribution >= 0.6 is 24.0 Å². The Morgan fingerprint density at radius 1 is 0.464 bits per heavy atom. The van der Waals surface area contributed by atoms with Gasteiger partial charge in [-0.1, -0.05) is 168 Å². The molecule has 0 aliphatic carbocycles. The monoisotopic (exact) mass is 1170 g/mol. The number of aryl methyl sites for hydroxylation is 1. The van der Waals surface area contributed by atoms with Crippen LogP contribution in [0.2, 0.25) is 0 Å². The van der Waals surface area contributed by atoms with Gasteiger partial charge in [-0.2, -0.15) is 0 Å². The zero-order valence-electron chi connectivity index (χ0n) is 46.5. The number of nitrogens with zero attached hydrogens (tertiary/aromatic N) is 2. The zero-order chi connectivity index (χ0) is 56.7. The number of H-pyrrole nitrogens is 1. The molecule has 5 N–H and O–H groups in total. The van der Waals surface area contributed by atoms with Gasteiger partial charge in [-0.05, 0) is 138 Å². The van der Waals surface area contributed by atoms with Gasteiger partial charge in [-0.15, -0.1) is 0 Å². The average molecular weight is 1170 g/mol. The molecular weight excluding hydrogens is 1110 g/mol. The van der Waals surface area contributed by atoms with Gasteiger partial charge < -0.3 is 49.7 Å². The minimum atomic E-state index is -1.97. The molecular formula is C69H60N7NaO4S3. The predicted molar refractivity (Wildman–Crippen MR) is 343 cm³/mol. The number of imidazole rings is 1. The van der Waals surface area contributed by atoms with Gasteiger partial charge in [0.15, 0.2) is 27.8 Å². The molecule has 1 atom stereocenters. The van der Waals surface area contributed by atoms with Crippen LogP contribution in [0.25, 0.3) is 0 Å². The molecule has 16 rings (SSSR count). The van der Waals surface area contributed by atoms with Crippen LogP contribution in [0.1, 0.15) is 28.7 Å². The maximum absolute atomic E-state index is 10.7. The Balaban J connectivity index is 0.000000114. The predicted octanol–water partition coefficient (Wildman–Crippen LogP) is 15.4. The number of anilines is 10. The molecule has 15 heteroatoms. The second kappa shape index (κ2) is 28.8. The molecule has 0 fully saturated rings. The number of ether oxygens (including phenoxy) is 2. The molecule has 0 amide bonds. The molecule has 5 aliphatic heterocycles. The van der Waals surface area contributed by atoms with Crippen LogP contribution in [-0.2, 0) is 31.0 Å². The second-order valence-corrected chi connectivity index (χ2v) is 22.1. The van der Waals surface area contributed by atoms with E-state index < -0.39 is 11.1 Å². The number of hydrogen-bond acceptors (Lipinski definition) is 11. The first-order valence-electron chi connectivity index (χ1n) is 27.3. The van der Waals surface area contributed by atoms with Crippen molar-refractivity contribution in [2.24, 2.45) is 7.05 Å². The van der Waals surface area contributed by atoms with Crippen LogP contribution in [0.5, 0.6) is 23.0 Å². The summed E-state index contributed by atoms with van der Waals surface area (Å²) in [6.45, 7) is 0.711. The minimum Gasteiger partial charge on any atom is -0.772 e. The number of fused-ring (bicyclic) bond motifs is 10. The number of aromatic amines is 1. The number of rotatable bonds is 4. The average Bonchev–Trinajstić information content (AvgIpc) is 3.81. The third kappa shape index (κ3) is 14.9. The van der Waals surface area contributed by atoms with E-state index in [9.17, 15) is 8.76 Å². The zero-order valence-corrected chi connectivity index (χ0v) is 51.0. The van der Waals surface area contributed by atoms with E-state index in [1.807, 2.05) is 145 Å². The molecule has 11 aromatic rings. The maximum atomic E-state index is 10.7. The Morgan fingerprint density at radius 2 is 0.774 bits per heavy atom. The van der Waals surface area contributed by atoms with Gasteiger partial charge in [0.05, 0.1) is 34.1 Å². The van der Waals surface area contributed by atoms with Crippen LogP contribution in [-0.4, -0.2) is 30.6 Å². The van der Waals surface area contributed by atoms with Crippen molar-refractivity contribution >= 4 is 91.9 Å². The van der Waals surface area contributed by atoms with E-state index in [-0.39, 0.29) is 35.3 Å². The van der Waals surface area contributed by atoms with Gasteiger partial charge in [0.1, 0.15) is 0 Å². The Bertz CT molecular complexity index is 3340. The molecule has 0 spiro atoms. The topological polar surface area (TPSA) is 131 Å². The summed E-state index contributed by atoms with van der Waals surface area (Å²) in [7, 11) is 1.90. The fourth-order valence-corrected chi connectivity index (χ4v) is 11.4. The van der Waals surface area contributed by atoms with Crippen molar-refractivity contribution in [1.82, 2.24) is 9.55 Å². The Kier molecular flexibility index (Phi) is 20.2. The first kappa shape index (κ1) is 58.9. The quantitative estimate of drug-likeness (QED) is 0.0656. The summed E-state index contributed by atoms with van der Waals surface area (Å²) in [6, 6.07) is 82.0. The van der Waals surface area contributed by atoms with Crippen molar-refractivity contribution in [3.05, 3.63) is 282 Å². The standard InChI is InChI=1S/C15H15NO2S2.2C13H11N.2C12H9NO.C4H6N2S.Na/c17-20(18)11-5-10-16-12-6-1-3-8-14(12)19-15-9-4-2-7-13(15)16;2*1-3-7-12-10(5-1)9-11-6-2-4-8-13(11)14-12;2*1-3-7-11-9(5-1)13-10-6-2-4-8-12(10)14-11;1-6-3-2-5-4(6)7;/h1-4,6-9H,5,10-11H2,(H,17,18);2*1-8,14H,9H2;2*1-8,13H;2-3H,1H3,(H,5,7);/q;;;;;;+1/p-1. The second-order valence-electron chi connectivity index (χ2n) is 19.6. The van der Waals surface area contributed by atoms with E-state index in [4.69, 9.17) is 21.7 Å². The Hall–Kier alpha value is -8.31. The fourth-order valence-electron chi connectivity index (χ4n) is 9.80. The summed E-state index contributed by atoms with van der Waals surface area (Å²) in [6.07, 6.45) is 6.40. The molecule has 0 radical (unpaired) electrons. The van der Waals surface area contributed by atoms with E-state index in [0.29, 0.717) is 13.0 Å². The third-order valence-electron chi connectivity index (χ3n) is 13.9. The van der Waals surface area contributed by atoms with Gasteiger partial charge in [-0.3, -0.25) is 4.21 Å². The molecule has 5 aliphatic rings. The Morgan fingerprint density at radius 3 is 1.10 bits per heavy atom. The number of aromatic nitrogens is 2. The van der Waals surface area contributed by atoms with Gasteiger partial charge >= 0.3 is 29.6 Å². The third-order valence-corrected chi connectivity index (χ3v) is 16.1. The van der Waals surface area contributed by atoms with E-state index in [0.717, 1.165) is 74.7 Å².